The molecule has 2 amide bonds. The number of rotatable bonds is 6. The Morgan fingerprint density at radius 3 is 2.54 bits per heavy atom. The number of hydrogen-bond acceptors (Lipinski definition) is 6. The third-order valence-corrected chi connectivity index (χ3v) is 4.77. The molecule has 0 atom stereocenters. The molecular formula is C19H24N6O3. The fourth-order valence-electron chi connectivity index (χ4n) is 3.12. The second-order valence-corrected chi connectivity index (χ2v) is 7.08. The first kappa shape index (κ1) is 19.5. The number of carbonyl (C=O) groups excluding carboxylic acids is 2. The van der Waals surface area contributed by atoms with Crippen molar-refractivity contribution in [2.24, 2.45) is 10.7 Å². The van der Waals surface area contributed by atoms with Crippen LogP contribution in [0.1, 0.15) is 43.1 Å². The van der Waals surface area contributed by atoms with Crippen LogP contribution in [0.25, 0.3) is 0 Å². The molecule has 148 valence electrons. The second kappa shape index (κ2) is 7.79. The summed E-state index contributed by atoms with van der Waals surface area (Å²) in [6.07, 6.45) is 5.27. The number of carbonyl (C=O) groups is 2. The normalized spacial score (nSPS) is 14.9. The van der Waals surface area contributed by atoms with Crippen molar-refractivity contribution in [2.45, 2.75) is 39.3 Å². The van der Waals surface area contributed by atoms with Crippen LogP contribution >= 0.6 is 0 Å². The van der Waals surface area contributed by atoms with Gasteiger partial charge in [0, 0.05) is 24.3 Å². The quantitative estimate of drug-likeness (QED) is 0.767. The fourth-order valence-corrected chi connectivity index (χ4v) is 3.12. The van der Waals surface area contributed by atoms with Gasteiger partial charge < -0.3 is 15.4 Å². The molecule has 3 heterocycles. The number of amides is 2. The molecule has 1 fully saturated rings. The van der Waals surface area contributed by atoms with Crippen LogP contribution in [0.2, 0.25) is 0 Å². The number of hydrogen-bond donors (Lipinski definition) is 1. The van der Waals surface area contributed by atoms with Gasteiger partial charge in [0.1, 0.15) is 12.2 Å². The van der Waals surface area contributed by atoms with Crippen LogP contribution in [-0.2, 0) is 16.9 Å². The number of ether oxygens (including phenoxy) is 1. The maximum Gasteiger partial charge on any atom is 0.410 e. The Hall–Kier alpha value is -3.23. The first-order chi connectivity index (χ1) is 13.3. The highest BCUT2D eigenvalue weighted by Gasteiger charge is 2.47. The lowest BCUT2D eigenvalue weighted by atomic mass is 9.87. The predicted molar refractivity (Wildman–Crippen MR) is 103 cm³/mol. The van der Waals surface area contributed by atoms with E-state index >= 15 is 0 Å². The van der Waals surface area contributed by atoms with Gasteiger partial charge in [-0.15, -0.1) is 0 Å². The molecule has 2 aromatic rings. The molecule has 0 aromatic carbocycles. The molecule has 2 aromatic heterocycles. The molecule has 9 heteroatoms. The molecule has 9 nitrogen and oxygen atoms in total. The van der Waals surface area contributed by atoms with E-state index in [1.807, 2.05) is 20.8 Å². The van der Waals surface area contributed by atoms with Gasteiger partial charge in [0.2, 0.25) is 0 Å². The second-order valence-electron chi connectivity index (χ2n) is 7.08. The largest absolute Gasteiger partial charge is 0.445 e. The van der Waals surface area contributed by atoms with Gasteiger partial charge in [-0.1, -0.05) is 6.92 Å². The van der Waals surface area contributed by atoms with Crippen molar-refractivity contribution in [2.75, 3.05) is 13.1 Å². The van der Waals surface area contributed by atoms with E-state index in [0.29, 0.717) is 18.9 Å². The smallest absolute Gasteiger partial charge is 0.410 e. The average Bonchev–Trinajstić information content (AvgIpc) is 3.04. The SMILES string of the molecule is CCC1(n2cc(C(N)=O)c(N=C(C)C)n2)CN(C(=O)OCc2ccncc2)C1. The predicted octanol–water partition coefficient (Wildman–Crippen LogP) is 2.25. The Morgan fingerprint density at radius 2 is 1.96 bits per heavy atom. The van der Waals surface area contributed by atoms with Crippen molar-refractivity contribution < 1.29 is 14.3 Å². The summed E-state index contributed by atoms with van der Waals surface area (Å²) in [5.41, 5.74) is 6.98. The summed E-state index contributed by atoms with van der Waals surface area (Å²) in [4.78, 5) is 33.9. The highest BCUT2D eigenvalue weighted by molar-refractivity contribution is 5.98. The lowest BCUT2D eigenvalue weighted by Gasteiger charge is -2.48. The van der Waals surface area contributed by atoms with Gasteiger partial charge in [0.15, 0.2) is 5.82 Å². The first-order valence-corrected chi connectivity index (χ1v) is 9.07. The lowest BCUT2D eigenvalue weighted by Crippen LogP contribution is -2.64. The Morgan fingerprint density at radius 1 is 1.29 bits per heavy atom. The summed E-state index contributed by atoms with van der Waals surface area (Å²) in [5.74, 6) is -0.274. The first-order valence-electron chi connectivity index (χ1n) is 9.07. The van der Waals surface area contributed by atoms with E-state index in [2.05, 4.69) is 15.1 Å². The van der Waals surface area contributed by atoms with E-state index in [4.69, 9.17) is 10.5 Å². The van der Waals surface area contributed by atoms with Crippen molar-refractivity contribution in [3.8, 4) is 0 Å². The zero-order valence-electron chi connectivity index (χ0n) is 16.3. The van der Waals surface area contributed by atoms with Crippen LogP contribution in [0, 0.1) is 0 Å². The molecule has 3 rings (SSSR count). The van der Waals surface area contributed by atoms with E-state index < -0.39 is 11.4 Å². The van der Waals surface area contributed by atoms with E-state index in [0.717, 1.165) is 17.7 Å². The minimum atomic E-state index is -0.578. The monoisotopic (exact) mass is 384 g/mol. The van der Waals surface area contributed by atoms with Gasteiger partial charge in [0.05, 0.1) is 18.6 Å². The zero-order valence-corrected chi connectivity index (χ0v) is 16.3. The van der Waals surface area contributed by atoms with E-state index in [1.165, 1.54) is 0 Å². The van der Waals surface area contributed by atoms with E-state index in [-0.39, 0.29) is 18.3 Å². The van der Waals surface area contributed by atoms with E-state index in [1.54, 1.807) is 40.3 Å². The van der Waals surface area contributed by atoms with Gasteiger partial charge in [-0.05, 0) is 38.0 Å². The molecule has 1 saturated heterocycles. The Bertz CT molecular complexity index is 896. The van der Waals surface area contributed by atoms with Crippen molar-refractivity contribution in [3.05, 3.63) is 41.9 Å². The van der Waals surface area contributed by atoms with Crippen LogP contribution < -0.4 is 5.73 Å². The topological polar surface area (TPSA) is 116 Å². The van der Waals surface area contributed by atoms with E-state index in [9.17, 15) is 9.59 Å². The number of aliphatic imine (C=N–C) groups is 1. The summed E-state index contributed by atoms with van der Waals surface area (Å²) in [5, 5.41) is 4.47. The van der Waals surface area contributed by atoms with Crippen LogP contribution in [0.3, 0.4) is 0 Å². The molecule has 1 aliphatic heterocycles. The molecule has 0 unspecified atom stereocenters. The van der Waals surface area contributed by atoms with Crippen molar-refractivity contribution in [3.63, 3.8) is 0 Å². The third kappa shape index (κ3) is 3.88. The standard InChI is InChI=1S/C19H24N6O3/c1-4-19(25-9-15(16(20)26)17(23-25)22-13(2)3)11-24(12-19)18(27)28-10-14-5-7-21-8-6-14/h5-9H,4,10-12H2,1-3H3,(H2,20,26). The van der Waals surface area contributed by atoms with Crippen LogP contribution in [0.4, 0.5) is 10.6 Å². The molecule has 0 aliphatic carbocycles. The number of primary amides is 1. The van der Waals surface area contributed by atoms with Crippen molar-refractivity contribution in [1.82, 2.24) is 19.7 Å². The molecule has 0 radical (unpaired) electrons. The number of aromatic nitrogens is 3. The number of nitrogens with zero attached hydrogens (tertiary/aromatic N) is 5. The third-order valence-electron chi connectivity index (χ3n) is 4.77. The Kier molecular flexibility index (Phi) is 5.43. The molecule has 0 spiro atoms. The van der Waals surface area contributed by atoms with Gasteiger partial charge in [-0.2, -0.15) is 5.10 Å². The van der Waals surface area contributed by atoms with Gasteiger partial charge >= 0.3 is 6.09 Å². The van der Waals surface area contributed by atoms with Crippen LogP contribution in [0.15, 0.2) is 35.7 Å². The van der Waals surface area contributed by atoms with Crippen LogP contribution in [-0.4, -0.2) is 50.5 Å². The average molecular weight is 384 g/mol. The van der Waals surface area contributed by atoms with Gasteiger partial charge in [-0.3, -0.25) is 14.5 Å². The van der Waals surface area contributed by atoms with Crippen molar-refractivity contribution >= 4 is 23.5 Å². The molecule has 0 bridgehead atoms. The highest BCUT2D eigenvalue weighted by atomic mass is 16.6. The molecule has 1 aliphatic rings. The summed E-state index contributed by atoms with van der Waals surface area (Å²) in [6, 6.07) is 3.60. The Labute approximate surface area is 163 Å². The Balaban J connectivity index is 1.70. The molecule has 0 saturated carbocycles. The molecule has 28 heavy (non-hydrogen) atoms. The number of nitrogens with two attached hydrogens (primary N) is 1. The van der Waals surface area contributed by atoms with Gasteiger partial charge in [0.25, 0.3) is 5.91 Å². The zero-order chi connectivity index (χ0) is 20.3. The maximum absolute atomic E-state index is 12.3. The lowest BCUT2D eigenvalue weighted by molar-refractivity contribution is -0.00700. The highest BCUT2D eigenvalue weighted by Crippen LogP contribution is 2.34. The van der Waals surface area contributed by atoms with Crippen molar-refractivity contribution in [1.29, 1.82) is 0 Å². The number of pyridine rings is 1. The summed E-state index contributed by atoms with van der Waals surface area (Å²) >= 11 is 0. The molecular weight excluding hydrogens is 360 g/mol. The summed E-state index contributed by atoms with van der Waals surface area (Å²) in [7, 11) is 0. The minimum absolute atomic E-state index is 0.194. The fraction of sp³-hybridized carbons (Fsp3) is 0.421. The van der Waals surface area contributed by atoms with Crippen LogP contribution in [0.5, 0.6) is 0 Å². The summed E-state index contributed by atoms with van der Waals surface area (Å²) in [6.45, 7) is 6.73. The number of likely N-dealkylation sites (tertiary alicyclic amines) is 1. The maximum atomic E-state index is 12.3. The minimum Gasteiger partial charge on any atom is -0.445 e. The van der Waals surface area contributed by atoms with Gasteiger partial charge in [-0.25, -0.2) is 9.79 Å². The molecule has 2 N–H and O–H groups in total. The summed E-state index contributed by atoms with van der Waals surface area (Å²) < 4.78 is 7.07.